The van der Waals surface area contributed by atoms with E-state index in [4.69, 9.17) is 11.6 Å². The second-order valence-electron chi connectivity index (χ2n) is 5.50. The van der Waals surface area contributed by atoms with Crippen LogP contribution in [0.5, 0.6) is 0 Å². The van der Waals surface area contributed by atoms with E-state index < -0.39 is 0 Å². The van der Waals surface area contributed by atoms with Gasteiger partial charge in [0, 0.05) is 9.89 Å². The Bertz CT molecular complexity index is 599. The lowest BCUT2D eigenvalue weighted by Gasteiger charge is -2.20. The van der Waals surface area contributed by atoms with Crippen LogP contribution in [-0.4, -0.2) is 14.8 Å². The molecule has 2 aromatic rings. The summed E-state index contributed by atoms with van der Waals surface area (Å²) in [7, 11) is 0. The molecule has 102 valence electrons. The molecule has 0 saturated carbocycles. The molecular formula is C14H17BrClN3. The van der Waals surface area contributed by atoms with Crippen LogP contribution in [0, 0.1) is 0 Å². The van der Waals surface area contributed by atoms with Crippen LogP contribution in [0.25, 0.3) is 5.69 Å². The van der Waals surface area contributed by atoms with E-state index in [2.05, 4.69) is 59.9 Å². The van der Waals surface area contributed by atoms with E-state index in [1.54, 1.807) is 0 Å². The highest BCUT2D eigenvalue weighted by Gasteiger charge is 2.25. The van der Waals surface area contributed by atoms with Gasteiger partial charge in [-0.15, -0.1) is 10.2 Å². The van der Waals surface area contributed by atoms with Gasteiger partial charge in [0.25, 0.3) is 0 Å². The van der Waals surface area contributed by atoms with E-state index in [1.165, 1.54) is 5.56 Å². The van der Waals surface area contributed by atoms with Gasteiger partial charge in [-0.1, -0.05) is 43.6 Å². The predicted octanol–water partition coefficient (Wildman–Crippen LogP) is 4.54. The lowest BCUT2D eigenvalue weighted by molar-refractivity contribution is 0.532. The van der Waals surface area contributed by atoms with E-state index in [1.807, 2.05) is 16.7 Å². The van der Waals surface area contributed by atoms with Gasteiger partial charge in [0.1, 0.15) is 5.82 Å². The number of benzene rings is 1. The fourth-order valence-electron chi connectivity index (χ4n) is 2.02. The van der Waals surface area contributed by atoms with E-state index in [9.17, 15) is 0 Å². The standard InChI is InChI=1S/C14H17BrClN3/c1-5-9-8-10(15)6-7-11(9)19-12(14(2,3)4)17-18-13(19)16/h6-8H,5H2,1-4H3. The van der Waals surface area contributed by atoms with Crippen LogP contribution in [0.3, 0.4) is 0 Å². The molecule has 0 radical (unpaired) electrons. The third kappa shape index (κ3) is 2.84. The van der Waals surface area contributed by atoms with Crippen molar-refractivity contribution in [3.05, 3.63) is 39.3 Å². The lowest BCUT2D eigenvalue weighted by atomic mass is 9.95. The Kier molecular flexibility index (Phi) is 4.02. The van der Waals surface area contributed by atoms with Gasteiger partial charge >= 0.3 is 0 Å². The van der Waals surface area contributed by atoms with E-state index in [-0.39, 0.29) is 5.41 Å². The molecule has 0 spiro atoms. The number of aromatic nitrogens is 3. The highest BCUT2D eigenvalue weighted by molar-refractivity contribution is 9.10. The van der Waals surface area contributed by atoms with Crippen LogP contribution in [0.4, 0.5) is 0 Å². The van der Waals surface area contributed by atoms with Crippen molar-refractivity contribution in [1.29, 1.82) is 0 Å². The zero-order valence-electron chi connectivity index (χ0n) is 11.5. The first-order valence-electron chi connectivity index (χ1n) is 6.24. The predicted molar refractivity (Wildman–Crippen MR) is 82.1 cm³/mol. The fourth-order valence-corrected chi connectivity index (χ4v) is 2.64. The summed E-state index contributed by atoms with van der Waals surface area (Å²) in [5.41, 5.74) is 2.14. The molecule has 3 nitrogen and oxygen atoms in total. The smallest absolute Gasteiger partial charge is 0.229 e. The zero-order chi connectivity index (χ0) is 14.2. The van der Waals surface area contributed by atoms with Crippen molar-refractivity contribution in [2.24, 2.45) is 0 Å². The summed E-state index contributed by atoms with van der Waals surface area (Å²) in [6, 6.07) is 6.17. The van der Waals surface area contributed by atoms with Crippen molar-refractivity contribution >= 4 is 27.5 Å². The summed E-state index contributed by atoms with van der Waals surface area (Å²) in [5.74, 6) is 0.870. The maximum atomic E-state index is 6.23. The van der Waals surface area contributed by atoms with Gasteiger partial charge in [-0.25, -0.2) is 0 Å². The van der Waals surface area contributed by atoms with E-state index in [0.717, 1.165) is 22.4 Å². The Labute approximate surface area is 127 Å². The Morgan fingerprint density at radius 1 is 1.26 bits per heavy atom. The Morgan fingerprint density at radius 2 is 1.95 bits per heavy atom. The minimum Gasteiger partial charge on any atom is -0.269 e. The highest BCUT2D eigenvalue weighted by Crippen LogP contribution is 2.29. The monoisotopic (exact) mass is 341 g/mol. The number of hydrogen-bond donors (Lipinski definition) is 0. The molecule has 0 atom stereocenters. The molecule has 0 saturated heterocycles. The van der Waals surface area contributed by atoms with E-state index >= 15 is 0 Å². The third-order valence-corrected chi connectivity index (χ3v) is 3.70. The number of hydrogen-bond acceptors (Lipinski definition) is 2. The summed E-state index contributed by atoms with van der Waals surface area (Å²) in [4.78, 5) is 0. The van der Waals surface area contributed by atoms with Crippen molar-refractivity contribution in [3.8, 4) is 5.69 Å². The number of halogens is 2. The summed E-state index contributed by atoms with van der Waals surface area (Å²) in [6.07, 6.45) is 0.923. The first kappa shape index (κ1) is 14.5. The van der Waals surface area contributed by atoms with Crippen LogP contribution in [0.1, 0.15) is 39.1 Å². The number of aryl methyl sites for hydroxylation is 1. The minimum atomic E-state index is -0.113. The van der Waals surface area contributed by atoms with Crippen molar-refractivity contribution in [2.45, 2.75) is 39.5 Å². The summed E-state index contributed by atoms with van der Waals surface area (Å²) >= 11 is 9.74. The third-order valence-electron chi connectivity index (χ3n) is 2.96. The van der Waals surface area contributed by atoms with Crippen molar-refractivity contribution in [2.75, 3.05) is 0 Å². The highest BCUT2D eigenvalue weighted by atomic mass is 79.9. The molecule has 1 heterocycles. The SMILES string of the molecule is CCc1cc(Br)ccc1-n1c(Cl)nnc1C(C)(C)C. The molecule has 0 bridgehead atoms. The molecule has 0 fully saturated rings. The quantitative estimate of drug-likeness (QED) is 0.802. The minimum absolute atomic E-state index is 0.113. The van der Waals surface area contributed by atoms with Crippen molar-refractivity contribution < 1.29 is 0 Å². The molecule has 0 N–H and O–H groups in total. The van der Waals surface area contributed by atoms with Crippen molar-refractivity contribution in [3.63, 3.8) is 0 Å². The van der Waals surface area contributed by atoms with Crippen LogP contribution < -0.4 is 0 Å². The molecule has 1 aromatic carbocycles. The molecule has 1 aromatic heterocycles. The molecule has 19 heavy (non-hydrogen) atoms. The Balaban J connectivity index is 2.69. The van der Waals surface area contributed by atoms with Gasteiger partial charge < -0.3 is 0 Å². The number of nitrogens with zero attached hydrogens (tertiary/aromatic N) is 3. The van der Waals surface area contributed by atoms with Crippen LogP contribution in [-0.2, 0) is 11.8 Å². The largest absolute Gasteiger partial charge is 0.269 e. The fraction of sp³-hybridized carbons (Fsp3) is 0.429. The van der Waals surface area contributed by atoms with Crippen LogP contribution in [0.15, 0.2) is 22.7 Å². The molecule has 0 aliphatic heterocycles. The Morgan fingerprint density at radius 3 is 2.53 bits per heavy atom. The normalized spacial score (nSPS) is 11.9. The van der Waals surface area contributed by atoms with E-state index in [0.29, 0.717) is 5.28 Å². The lowest BCUT2D eigenvalue weighted by Crippen LogP contribution is -2.19. The summed E-state index contributed by atoms with van der Waals surface area (Å²) in [6.45, 7) is 8.44. The van der Waals surface area contributed by atoms with Gasteiger partial charge in [-0.3, -0.25) is 4.57 Å². The van der Waals surface area contributed by atoms with Gasteiger partial charge in [-0.2, -0.15) is 0 Å². The van der Waals surface area contributed by atoms with Crippen LogP contribution in [0.2, 0.25) is 5.28 Å². The molecule has 0 aliphatic rings. The molecule has 0 unspecified atom stereocenters. The summed E-state index contributed by atoms with van der Waals surface area (Å²) in [5, 5.41) is 8.66. The van der Waals surface area contributed by atoms with Gasteiger partial charge in [0.2, 0.25) is 5.28 Å². The average molecular weight is 343 g/mol. The molecule has 0 amide bonds. The second-order valence-corrected chi connectivity index (χ2v) is 6.76. The first-order chi connectivity index (χ1) is 8.84. The maximum absolute atomic E-state index is 6.23. The van der Waals surface area contributed by atoms with Crippen molar-refractivity contribution in [1.82, 2.24) is 14.8 Å². The second kappa shape index (κ2) is 5.25. The molecule has 5 heteroatoms. The Hall–Kier alpha value is -0.870. The van der Waals surface area contributed by atoms with Gasteiger partial charge in [0.05, 0.1) is 5.69 Å². The topological polar surface area (TPSA) is 30.7 Å². The van der Waals surface area contributed by atoms with Crippen LogP contribution >= 0.6 is 27.5 Å². The number of rotatable bonds is 2. The van der Waals surface area contributed by atoms with Gasteiger partial charge in [-0.05, 0) is 41.8 Å². The summed E-state index contributed by atoms with van der Waals surface area (Å²) < 4.78 is 3.00. The molecular weight excluding hydrogens is 326 g/mol. The maximum Gasteiger partial charge on any atom is 0.229 e. The first-order valence-corrected chi connectivity index (χ1v) is 7.42. The van der Waals surface area contributed by atoms with Gasteiger partial charge in [0.15, 0.2) is 0 Å². The zero-order valence-corrected chi connectivity index (χ0v) is 13.9. The molecule has 0 aliphatic carbocycles. The average Bonchev–Trinajstić information content (AvgIpc) is 2.71. The molecule has 2 rings (SSSR count).